The van der Waals surface area contributed by atoms with E-state index < -0.39 is 20.5 Å². The molecule has 0 aliphatic rings. The summed E-state index contributed by atoms with van der Waals surface area (Å²) in [5.41, 5.74) is 0. The molecule has 0 spiro atoms. The standard InChI is InChI=1S/C16H24O6Si/c1-5-13-23(14-6-2,21-11-9-19-15(17)7-3)22-12-10-20-16(18)8-4/h5-8H,1-4,9-14H2. The zero-order chi connectivity index (χ0) is 17.6. The first-order chi connectivity index (χ1) is 11.0. The minimum absolute atomic E-state index is 0.0999. The number of hydrogen-bond donors (Lipinski definition) is 0. The van der Waals surface area contributed by atoms with E-state index in [9.17, 15) is 9.59 Å². The van der Waals surface area contributed by atoms with Crippen molar-refractivity contribution in [2.75, 3.05) is 26.4 Å². The summed E-state index contributed by atoms with van der Waals surface area (Å²) in [5.74, 6) is -1.02. The fraction of sp³-hybridized carbons (Fsp3) is 0.375. The lowest BCUT2D eigenvalue weighted by Crippen LogP contribution is -2.43. The molecule has 0 saturated carbocycles. The molecule has 0 aromatic carbocycles. The maximum absolute atomic E-state index is 11.0. The lowest BCUT2D eigenvalue weighted by atomic mass is 10.6. The maximum Gasteiger partial charge on any atom is 0.346 e. The van der Waals surface area contributed by atoms with Gasteiger partial charge in [-0.1, -0.05) is 25.3 Å². The summed E-state index contributed by atoms with van der Waals surface area (Å²) in [7, 11) is -2.63. The molecule has 0 fully saturated rings. The zero-order valence-corrected chi connectivity index (χ0v) is 14.3. The first-order valence-electron chi connectivity index (χ1n) is 7.11. The Morgan fingerprint density at radius 2 is 1.13 bits per heavy atom. The lowest BCUT2D eigenvalue weighted by Gasteiger charge is -2.28. The van der Waals surface area contributed by atoms with Crippen molar-refractivity contribution in [3.63, 3.8) is 0 Å². The van der Waals surface area contributed by atoms with E-state index in [4.69, 9.17) is 18.3 Å². The average molecular weight is 340 g/mol. The zero-order valence-electron chi connectivity index (χ0n) is 13.3. The highest BCUT2D eigenvalue weighted by atomic mass is 28.4. The normalized spacial score (nSPS) is 10.4. The quantitative estimate of drug-likeness (QED) is 0.159. The molecule has 0 unspecified atom stereocenters. The highest BCUT2D eigenvalue weighted by Gasteiger charge is 2.35. The number of ether oxygens (including phenoxy) is 2. The summed E-state index contributed by atoms with van der Waals surface area (Å²) in [6.07, 6.45) is 5.59. The van der Waals surface area contributed by atoms with Gasteiger partial charge in [-0.3, -0.25) is 0 Å². The molecule has 6 nitrogen and oxygen atoms in total. The molecule has 0 aromatic rings. The van der Waals surface area contributed by atoms with Crippen molar-refractivity contribution < 1.29 is 27.9 Å². The van der Waals surface area contributed by atoms with Gasteiger partial charge in [-0.15, -0.1) is 13.2 Å². The summed E-state index contributed by atoms with van der Waals surface area (Å²) in [6.45, 7) is 14.6. The predicted octanol–water partition coefficient (Wildman–Crippen LogP) is 2.29. The van der Waals surface area contributed by atoms with Gasteiger partial charge in [-0.2, -0.15) is 0 Å². The first kappa shape index (κ1) is 21.0. The fourth-order valence-corrected chi connectivity index (χ4v) is 4.17. The molecule has 0 radical (unpaired) electrons. The second kappa shape index (κ2) is 12.6. The van der Waals surface area contributed by atoms with Crippen LogP contribution in [0.2, 0.25) is 12.1 Å². The van der Waals surface area contributed by atoms with E-state index in [0.29, 0.717) is 12.1 Å². The minimum Gasteiger partial charge on any atom is -0.460 e. The summed E-state index contributed by atoms with van der Waals surface area (Å²) >= 11 is 0. The third-order valence-corrected chi connectivity index (χ3v) is 5.91. The van der Waals surface area contributed by atoms with Crippen LogP contribution in [0.5, 0.6) is 0 Å². The average Bonchev–Trinajstić information content (AvgIpc) is 2.55. The maximum atomic E-state index is 11.0. The second-order valence-corrected chi connectivity index (χ2v) is 7.55. The molecule has 0 aromatic heterocycles. The van der Waals surface area contributed by atoms with Gasteiger partial charge in [0, 0.05) is 24.2 Å². The number of carbonyl (C=O) groups is 2. The molecule has 0 heterocycles. The van der Waals surface area contributed by atoms with E-state index in [-0.39, 0.29) is 26.4 Å². The molecular formula is C16H24O6Si. The minimum atomic E-state index is -2.63. The number of rotatable bonds is 14. The molecular weight excluding hydrogens is 316 g/mol. The Morgan fingerprint density at radius 1 is 0.739 bits per heavy atom. The number of hydrogen-bond acceptors (Lipinski definition) is 6. The highest BCUT2D eigenvalue weighted by molar-refractivity contribution is 6.68. The Morgan fingerprint density at radius 3 is 1.43 bits per heavy atom. The Kier molecular flexibility index (Phi) is 11.5. The number of carbonyl (C=O) groups excluding carboxylic acids is 2. The topological polar surface area (TPSA) is 71.1 Å². The van der Waals surface area contributed by atoms with E-state index in [1.807, 2.05) is 0 Å². The van der Waals surface area contributed by atoms with E-state index in [1.165, 1.54) is 0 Å². The molecule has 7 heteroatoms. The van der Waals surface area contributed by atoms with Crippen LogP contribution in [-0.4, -0.2) is 46.9 Å². The largest absolute Gasteiger partial charge is 0.460 e. The Balaban J connectivity index is 4.48. The van der Waals surface area contributed by atoms with Crippen LogP contribution >= 0.6 is 0 Å². The van der Waals surface area contributed by atoms with E-state index in [2.05, 4.69) is 26.3 Å². The van der Waals surface area contributed by atoms with Gasteiger partial charge < -0.3 is 18.3 Å². The Labute approximate surface area is 138 Å². The van der Waals surface area contributed by atoms with Crippen molar-refractivity contribution in [3.8, 4) is 0 Å². The van der Waals surface area contributed by atoms with Crippen molar-refractivity contribution in [1.29, 1.82) is 0 Å². The van der Waals surface area contributed by atoms with Gasteiger partial charge in [0.15, 0.2) is 0 Å². The first-order valence-corrected chi connectivity index (χ1v) is 9.34. The Hall–Kier alpha value is -1.96. The van der Waals surface area contributed by atoms with Crippen molar-refractivity contribution in [2.45, 2.75) is 12.1 Å². The smallest absolute Gasteiger partial charge is 0.346 e. The second-order valence-electron chi connectivity index (χ2n) is 4.34. The molecule has 128 valence electrons. The van der Waals surface area contributed by atoms with E-state index in [0.717, 1.165) is 12.2 Å². The van der Waals surface area contributed by atoms with Gasteiger partial charge in [0.1, 0.15) is 13.2 Å². The third kappa shape index (κ3) is 9.62. The van der Waals surface area contributed by atoms with Gasteiger partial charge in [-0.05, 0) is 0 Å². The van der Waals surface area contributed by atoms with Crippen LogP contribution in [0.1, 0.15) is 0 Å². The van der Waals surface area contributed by atoms with Gasteiger partial charge in [0.25, 0.3) is 0 Å². The summed E-state index contributed by atoms with van der Waals surface area (Å²) in [5, 5.41) is 0. The van der Waals surface area contributed by atoms with Gasteiger partial charge in [0.2, 0.25) is 0 Å². The summed E-state index contributed by atoms with van der Waals surface area (Å²) < 4.78 is 21.4. The molecule has 0 aliphatic heterocycles. The van der Waals surface area contributed by atoms with Crippen LogP contribution in [0.4, 0.5) is 0 Å². The van der Waals surface area contributed by atoms with Crippen LogP contribution in [0.3, 0.4) is 0 Å². The molecule has 0 N–H and O–H groups in total. The van der Waals surface area contributed by atoms with Crippen LogP contribution in [0, 0.1) is 0 Å². The lowest BCUT2D eigenvalue weighted by molar-refractivity contribution is -0.139. The van der Waals surface area contributed by atoms with Gasteiger partial charge >= 0.3 is 20.5 Å². The monoisotopic (exact) mass is 340 g/mol. The number of allylic oxidation sites excluding steroid dienone is 2. The summed E-state index contributed by atoms with van der Waals surface area (Å²) in [6, 6.07) is 1.06. The highest BCUT2D eigenvalue weighted by Crippen LogP contribution is 2.20. The van der Waals surface area contributed by atoms with Gasteiger partial charge in [0.05, 0.1) is 13.2 Å². The molecule has 0 bridgehead atoms. The fourth-order valence-electron chi connectivity index (χ4n) is 1.66. The van der Waals surface area contributed by atoms with E-state index in [1.54, 1.807) is 12.2 Å². The predicted molar refractivity (Wildman–Crippen MR) is 90.0 cm³/mol. The Bertz CT molecular complexity index is 392. The van der Waals surface area contributed by atoms with Crippen molar-refractivity contribution >= 4 is 20.5 Å². The van der Waals surface area contributed by atoms with Crippen LogP contribution < -0.4 is 0 Å². The van der Waals surface area contributed by atoms with E-state index >= 15 is 0 Å². The SMILES string of the molecule is C=CC[Si](CC=C)(OCCOC(=O)C=C)OCCOC(=O)C=C. The van der Waals surface area contributed by atoms with Crippen LogP contribution in [0.15, 0.2) is 50.6 Å². The van der Waals surface area contributed by atoms with Crippen LogP contribution in [-0.2, 0) is 27.9 Å². The van der Waals surface area contributed by atoms with Crippen molar-refractivity contribution in [1.82, 2.24) is 0 Å². The van der Waals surface area contributed by atoms with Crippen molar-refractivity contribution in [3.05, 3.63) is 50.6 Å². The third-order valence-electron chi connectivity index (χ3n) is 2.63. The molecule has 0 rings (SSSR count). The molecule has 0 amide bonds. The molecule has 0 aliphatic carbocycles. The molecule has 23 heavy (non-hydrogen) atoms. The van der Waals surface area contributed by atoms with Crippen molar-refractivity contribution in [2.24, 2.45) is 0 Å². The molecule has 0 atom stereocenters. The van der Waals surface area contributed by atoms with Gasteiger partial charge in [-0.25, -0.2) is 9.59 Å². The summed E-state index contributed by atoms with van der Waals surface area (Å²) in [4.78, 5) is 22.0. The number of esters is 2. The molecule has 0 saturated heterocycles. The van der Waals surface area contributed by atoms with Crippen LogP contribution in [0.25, 0.3) is 0 Å².